The van der Waals surface area contributed by atoms with Gasteiger partial charge in [0.15, 0.2) is 5.78 Å². The van der Waals surface area contributed by atoms with Gasteiger partial charge in [0.1, 0.15) is 0 Å². The molecule has 0 bridgehead atoms. The van der Waals surface area contributed by atoms with Crippen LogP contribution in [0.4, 0.5) is 0 Å². The first kappa shape index (κ1) is 13.6. The van der Waals surface area contributed by atoms with E-state index in [0.717, 1.165) is 49.7 Å². The largest absolute Gasteiger partial charge is 0.298 e. The van der Waals surface area contributed by atoms with E-state index in [1.807, 2.05) is 49.1 Å². The number of aromatic nitrogens is 2. The lowest BCUT2D eigenvalue weighted by molar-refractivity contribution is -0.137. The van der Waals surface area contributed by atoms with Crippen LogP contribution in [-0.4, -0.2) is 15.8 Å². The van der Waals surface area contributed by atoms with Gasteiger partial charge in [0.05, 0.1) is 10.8 Å². The summed E-state index contributed by atoms with van der Waals surface area (Å²) in [5.74, 6) is 0.426. The van der Waals surface area contributed by atoms with Gasteiger partial charge in [-0.05, 0) is 61.1 Å². The van der Waals surface area contributed by atoms with E-state index in [1.54, 1.807) is 0 Å². The number of hydrogen-bond donors (Lipinski definition) is 0. The van der Waals surface area contributed by atoms with E-state index in [0.29, 0.717) is 5.78 Å². The molecule has 3 heteroatoms. The van der Waals surface area contributed by atoms with Crippen molar-refractivity contribution in [3.63, 3.8) is 0 Å². The number of hydrogen-bond acceptors (Lipinski definition) is 3. The van der Waals surface area contributed by atoms with Crippen LogP contribution < -0.4 is 0 Å². The number of pyridine rings is 2. The molecule has 22 heavy (non-hydrogen) atoms. The number of ketones is 1. The van der Waals surface area contributed by atoms with Gasteiger partial charge >= 0.3 is 0 Å². The van der Waals surface area contributed by atoms with Gasteiger partial charge < -0.3 is 0 Å². The minimum absolute atomic E-state index is 0.285. The van der Waals surface area contributed by atoms with E-state index in [-0.39, 0.29) is 10.8 Å². The van der Waals surface area contributed by atoms with Crippen molar-refractivity contribution in [2.45, 2.75) is 49.4 Å². The summed E-state index contributed by atoms with van der Waals surface area (Å²) >= 11 is 0. The summed E-state index contributed by atoms with van der Waals surface area (Å²) < 4.78 is 0. The van der Waals surface area contributed by atoms with Crippen molar-refractivity contribution in [3.05, 3.63) is 60.2 Å². The third kappa shape index (κ3) is 1.78. The molecule has 0 spiro atoms. The van der Waals surface area contributed by atoms with Gasteiger partial charge in [0.25, 0.3) is 0 Å². The summed E-state index contributed by atoms with van der Waals surface area (Å²) in [7, 11) is 0. The van der Waals surface area contributed by atoms with Crippen LogP contribution in [0.3, 0.4) is 0 Å². The lowest BCUT2D eigenvalue weighted by Crippen LogP contribution is -2.55. The average Bonchev–Trinajstić information content (AvgIpc) is 2.47. The minimum Gasteiger partial charge on any atom is -0.298 e. The lowest BCUT2D eigenvalue weighted by atomic mass is 9.50. The normalized spacial score (nSPS) is 21.5. The van der Waals surface area contributed by atoms with Gasteiger partial charge in [0, 0.05) is 24.8 Å². The standard InChI is InChI=1S/C19H20N2O/c22-17(18(7-1-8-18)15-3-11-20-12-4-15)19(9-2-10-19)16-5-13-21-14-6-16/h3-6,11-14H,1-2,7-10H2. The Morgan fingerprint density at radius 1 is 0.727 bits per heavy atom. The van der Waals surface area contributed by atoms with Crippen LogP contribution in [0.2, 0.25) is 0 Å². The number of carbonyl (C=O) groups is 1. The molecule has 2 aliphatic rings. The van der Waals surface area contributed by atoms with Crippen LogP contribution in [-0.2, 0) is 15.6 Å². The van der Waals surface area contributed by atoms with Crippen molar-refractivity contribution in [3.8, 4) is 0 Å². The molecule has 2 aromatic heterocycles. The second-order valence-corrected chi connectivity index (χ2v) is 6.67. The Balaban J connectivity index is 1.76. The van der Waals surface area contributed by atoms with Crippen LogP contribution in [0.15, 0.2) is 49.1 Å². The smallest absolute Gasteiger partial charge is 0.153 e. The molecular formula is C19H20N2O. The minimum atomic E-state index is -0.285. The van der Waals surface area contributed by atoms with Crippen LogP contribution in [0.25, 0.3) is 0 Å². The highest BCUT2D eigenvalue weighted by molar-refractivity contribution is 6.00. The van der Waals surface area contributed by atoms with Gasteiger partial charge in [-0.3, -0.25) is 14.8 Å². The van der Waals surface area contributed by atoms with Crippen molar-refractivity contribution in [1.29, 1.82) is 0 Å². The number of rotatable bonds is 4. The Morgan fingerprint density at radius 2 is 1.09 bits per heavy atom. The maximum atomic E-state index is 13.6. The maximum absolute atomic E-state index is 13.6. The van der Waals surface area contributed by atoms with E-state index in [2.05, 4.69) is 9.97 Å². The van der Waals surface area contributed by atoms with Gasteiger partial charge in [-0.15, -0.1) is 0 Å². The maximum Gasteiger partial charge on any atom is 0.153 e. The molecule has 4 rings (SSSR count). The molecule has 2 saturated carbocycles. The van der Waals surface area contributed by atoms with Crippen LogP contribution in [0, 0.1) is 0 Å². The molecule has 2 aliphatic carbocycles. The number of carbonyl (C=O) groups excluding carboxylic acids is 1. The summed E-state index contributed by atoms with van der Waals surface area (Å²) in [5.41, 5.74) is 1.73. The number of Topliss-reactive ketones (excluding diaryl/α,β-unsaturated/α-hetero) is 1. The molecule has 2 heterocycles. The van der Waals surface area contributed by atoms with Gasteiger partial charge in [-0.1, -0.05) is 12.8 Å². The van der Waals surface area contributed by atoms with Crippen LogP contribution in [0.5, 0.6) is 0 Å². The summed E-state index contributed by atoms with van der Waals surface area (Å²) in [6.07, 6.45) is 13.4. The fourth-order valence-corrected chi connectivity index (χ4v) is 4.15. The molecule has 0 aliphatic heterocycles. The second-order valence-electron chi connectivity index (χ2n) is 6.67. The zero-order valence-electron chi connectivity index (χ0n) is 12.7. The summed E-state index contributed by atoms with van der Waals surface area (Å²) in [4.78, 5) is 21.8. The highest BCUT2D eigenvalue weighted by Crippen LogP contribution is 2.54. The molecule has 3 nitrogen and oxygen atoms in total. The van der Waals surface area contributed by atoms with Crippen molar-refractivity contribution in [2.24, 2.45) is 0 Å². The molecule has 2 fully saturated rings. The first-order valence-corrected chi connectivity index (χ1v) is 8.14. The predicted molar refractivity (Wildman–Crippen MR) is 84.5 cm³/mol. The highest BCUT2D eigenvalue weighted by Gasteiger charge is 2.56. The fraction of sp³-hybridized carbons (Fsp3) is 0.421. The fourth-order valence-electron chi connectivity index (χ4n) is 4.15. The van der Waals surface area contributed by atoms with Gasteiger partial charge in [-0.2, -0.15) is 0 Å². The molecular weight excluding hydrogens is 272 g/mol. The van der Waals surface area contributed by atoms with E-state index < -0.39 is 0 Å². The Hall–Kier alpha value is -2.03. The Kier molecular flexibility index (Phi) is 3.10. The van der Waals surface area contributed by atoms with Crippen LogP contribution >= 0.6 is 0 Å². The summed E-state index contributed by atoms with van der Waals surface area (Å²) in [6.45, 7) is 0. The highest BCUT2D eigenvalue weighted by atomic mass is 16.1. The zero-order valence-corrected chi connectivity index (χ0v) is 12.7. The molecule has 0 unspecified atom stereocenters. The van der Waals surface area contributed by atoms with E-state index in [4.69, 9.17) is 0 Å². The third-order valence-corrected chi connectivity index (χ3v) is 5.75. The van der Waals surface area contributed by atoms with Crippen molar-refractivity contribution >= 4 is 5.78 Å². The topological polar surface area (TPSA) is 42.9 Å². The molecule has 0 amide bonds. The molecule has 112 valence electrons. The SMILES string of the molecule is O=C(C1(c2ccncc2)CCC1)C1(c2ccncc2)CCC1. The van der Waals surface area contributed by atoms with E-state index >= 15 is 0 Å². The number of nitrogens with zero attached hydrogens (tertiary/aromatic N) is 2. The lowest BCUT2D eigenvalue weighted by Gasteiger charge is -2.51. The molecule has 0 radical (unpaired) electrons. The molecule has 0 aromatic carbocycles. The molecule has 0 saturated heterocycles. The Morgan fingerprint density at radius 3 is 1.36 bits per heavy atom. The second kappa shape index (κ2) is 5.01. The van der Waals surface area contributed by atoms with Crippen molar-refractivity contribution in [2.75, 3.05) is 0 Å². The Bertz CT molecular complexity index is 614. The molecule has 0 N–H and O–H groups in total. The van der Waals surface area contributed by atoms with Gasteiger partial charge in [-0.25, -0.2) is 0 Å². The third-order valence-electron chi connectivity index (χ3n) is 5.75. The summed E-state index contributed by atoms with van der Waals surface area (Å²) in [6, 6.07) is 8.10. The van der Waals surface area contributed by atoms with Crippen molar-refractivity contribution in [1.82, 2.24) is 9.97 Å². The zero-order chi connectivity index (χ0) is 15.0. The average molecular weight is 292 g/mol. The van der Waals surface area contributed by atoms with E-state index in [1.165, 1.54) is 0 Å². The first-order valence-electron chi connectivity index (χ1n) is 8.14. The van der Waals surface area contributed by atoms with Gasteiger partial charge in [0.2, 0.25) is 0 Å². The summed E-state index contributed by atoms with van der Waals surface area (Å²) in [5, 5.41) is 0. The quantitative estimate of drug-likeness (QED) is 0.865. The van der Waals surface area contributed by atoms with Crippen molar-refractivity contribution < 1.29 is 4.79 Å². The van der Waals surface area contributed by atoms with E-state index in [9.17, 15) is 4.79 Å². The molecule has 0 atom stereocenters. The van der Waals surface area contributed by atoms with Crippen LogP contribution in [0.1, 0.15) is 49.7 Å². The first-order chi connectivity index (χ1) is 10.8. The Labute approximate surface area is 130 Å². The predicted octanol–water partition coefficient (Wildman–Crippen LogP) is 3.59. The molecule has 2 aromatic rings. The monoisotopic (exact) mass is 292 g/mol.